The van der Waals surface area contributed by atoms with E-state index in [1.54, 1.807) is 0 Å². The zero-order valence-corrected chi connectivity index (χ0v) is 13.3. The van der Waals surface area contributed by atoms with E-state index in [0.29, 0.717) is 6.42 Å². The van der Waals surface area contributed by atoms with Gasteiger partial charge in [0.05, 0.1) is 0 Å². The molecule has 1 fully saturated rings. The summed E-state index contributed by atoms with van der Waals surface area (Å²) in [5, 5.41) is 5.89. The molecule has 0 aromatic carbocycles. The van der Waals surface area contributed by atoms with Gasteiger partial charge in [-0.25, -0.2) is 0 Å². The predicted octanol–water partition coefficient (Wildman–Crippen LogP) is 1.28. The molecule has 0 radical (unpaired) electrons. The van der Waals surface area contributed by atoms with Crippen molar-refractivity contribution >= 4 is 11.8 Å². The lowest BCUT2D eigenvalue weighted by Crippen LogP contribution is -2.52. The van der Waals surface area contributed by atoms with Gasteiger partial charge in [0.2, 0.25) is 11.8 Å². The van der Waals surface area contributed by atoms with Crippen LogP contribution in [0, 0.1) is 0 Å². The van der Waals surface area contributed by atoms with Crippen molar-refractivity contribution in [3.8, 4) is 0 Å². The molecule has 2 N–H and O–H groups in total. The van der Waals surface area contributed by atoms with Crippen LogP contribution in [-0.4, -0.2) is 48.9 Å². The van der Waals surface area contributed by atoms with E-state index in [-0.39, 0.29) is 23.4 Å². The van der Waals surface area contributed by atoms with E-state index >= 15 is 0 Å². The second-order valence-electron chi connectivity index (χ2n) is 6.65. The summed E-state index contributed by atoms with van der Waals surface area (Å²) in [6.45, 7) is 5.09. The highest BCUT2D eigenvalue weighted by Crippen LogP contribution is 2.14. The number of carbonyl (C=O) groups excluding carboxylic acids is 2. The third-order valence-electron chi connectivity index (χ3n) is 3.67. The van der Waals surface area contributed by atoms with Gasteiger partial charge in [0.25, 0.3) is 0 Å². The quantitative estimate of drug-likeness (QED) is 0.772. The van der Waals surface area contributed by atoms with Gasteiger partial charge in [-0.3, -0.25) is 9.59 Å². The summed E-state index contributed by atoms with van der Waals surface area (Å²) in [6.07, 6.45) is 5.05. The first kappa shape index (κ1) is 17.0. The molecule has 1 unspecified atom stereocenters. The number of carbonyl (C=O) groups is 2. The molecule has 0 spiro atoms. The molecule has 1 rings (SSSR count). The van der Waals surface area contributed by atoms with Crippen LogP contribution in [0.4, 0.5) is 0 Å². The number of nitrogens with zero attached hydrogens (tertiary/aromatic N) is 1. The van der Waals surface area contributed by atoms with Crippen LogP contribution in [0.15, 0.2) is 0 Å². The SMILES string of the molecule is CN(C)CCCC(C)(C)NC(=O)C1CCCCC(=O)N1. The molecule has 0 aromatic heterocycles. The molecular weight excluding hydrogens is 254 g/mol. The molecule has 0 bridgehead atoms. The third kappa shape index (κ3) is 6.37. The molecular formula is C15H29N3O2. The van der Waals surface area contributed by atoms with Gasteiger partial charge in [-0.05, 0) is 60.2 Å². The molecule has 1 atom stereocenters. The van der Waals surface area contributed by atoms with Crippen LogP contribution in [-0.2, 0) is 9.59 Å². The highest BCUT2D eigenvalue weighted by molar-refractivity contribution is 5.88. The van der Waals surface area contributed by atoms with E-state index in [1.807, 2.05) is 27.9 Å². The summed E-state index contributed by atoms with van der Waals surface area (Å²) in [6, 6.07) is -0.363. The Labute approximate surface area is 122 Å². The maximum absolute atomic E-state index is 12.3. The van der Waals surface area contributed by atoms with Crippen molar-refractivity contribution in [2.45, 2.75) is 64.0 Å². The van der Waals surface area contributed by atoms with E-state index < -0.39 is 0 Å². The summed E-state index contributed by atoms with van der Waals surface area (Å²) < 4.78 is 0. The second-order valence-corrected chi connectivity index (χ2v) is 6.65. The third-order valence-corrected chi connectivity index (χ3v) is 3.67. The van der Waals surface area contributed by atoms with Crippen LogP contribution in [0.2, 0.25) is 0 Å². The highest BCUT2D eigenvalue weighted by atomic mass is 16.2. The number of hydrogen-bond acceptors (Lipinski definition) is 3. The lowest BCUT2D eigenvalue weighted by molar-refractivity contribution is -0.129. The molecule has 0 saturated carbocycles. The maximum atomic E-state index is 12.3. The van der Waals surface area contributed by atoms with Crippen LogP contribution in [0.3, 0.4) is 0 Å². The van der Waals surface area contributed by atoms with Gasteiger partial charge in [-0.1, -0.05) is 6.42 Å². The van der Waals surface area contributed by atoms with Gasteiger partial charge < -0.3 is 15.5 Å². The van der Waals surface area contributed by atoms with Crippen LogP contribution >= 0.6 is 0 Å². The highest BCUT2D eigenvalue weighted by Gasteiger charge is 2.27. The van der Waals surface area contributed by atoms with Crippen molar-refractivity contribution in [1.29, 1.82) is 0 Å². The Morgan fingerprint density at radius 2 is 2.10 bits per heavy atom. The normalized spacial score (nSPS) is 20.4. The molecule has 0 aliphatic carbocycles. The van der Waals surface area contributed by atoms with Crippen LogP contribution in [0.25, 0.3) is 0 Å². The van der Waals surface area contributed by atoms with Gasteiger partial charge in [-0.15, -0.1) is 0 Å². The average molecular weight is 283 g/mol. The molecule has 20 heavy (non-hydrogen) atoms. The topological polar surface area (TPSA) is 61.4 Å². The molecule has 0 aromatic rings. The van der Waals surface area contributed by atoms with Crippen molar-refractivity contribution in [2.75, 3.05) is 20.6 Å². The van der Waals surface area contributed by atoms with Crippen molar-refractivity contribution in [3.63, 3.8) is 0 Å². The number of rotatable bonds is 6. The van der Waals surface area contributed by atoms with Crippen LogP contribution < -0.4 is 10.6 Å². The smallest absolute Gasteiger partial charge is 0.242 e. The van der Waals surface area contributed by atoms with Gasteiger partial charge in [0.15, 0.2) is 0 Å². The molecule has 5 nitrogen and oxygen atoms in total. The Balaban J connectivity index is 2.44. The Hall–Kier alpha value is -1.10. The first-order valence-corrected chi connectivity index (χ1v) is 7.56. The Kier molecular flexibility index (Phi) is 6.46. The first-order valence-electron chi connectivity index (χ1n) is 7.56. The summed E-state index contributed by atoms with van der Waals surface area (Å²) in [7, 11) is 4.10. The summed E-state index contributed by atoms with van der Waals surface area (Å²) in [5.74, 6) is -0.0526. The van der Waals surface area contributed by atoms with E-state index in [9.17, 15) is 9.59 Å². The largest absolute Gasteiger partial charge is 0.349 e. The predicted molar refractivity (Wildman–Crippen MR) is 80.4 cm³/mol. The Bertz CT molecular complexity index is 340. The molecule has 2 amide bonds. The number of hydrogen-bond donors (Lipinski definition) is 2. The van der Waals surface area contributed by atoms with Crippen LogP contribution in [0.5, 0.6) is 0 Å². The Morgan fingerprint density at radius 3 is 2.75 bits per heavy atom. The lowest BCUT2D eigenvalue weighted by atomic mass is 9.97. The van der Waals surface area contributed by atoms with E-state index in [0.717, 1.165) is 38.6 Å². The first-order chi connectivity index (χ1) is 9.30. The van der Waals surface area contributed by atoms with Crippen LogP contribution in [0.1, 0.15) is 52.4 Å². The van der Waals surface area contributed by atoms with E-state index in [2.05, 4.69) is 15.5 Å². The summed E-state index contributed by atoms with van der Waals surface area (Å²) in [5.41, 5.74) is -0.232. The second kappa shape index (κ2) is 7.62. The van der Waals surface area contributed by atoms with Crippen molar-refractivity contribution < 1.29 is 9.59 Å². The maximum Gasteiger partial charge on any atom is 0.242 e. The standard InChI is InChI=1S/C15H29N3O2/c1-15(2,10-7-11-18(3)4)17-14(20)12-8-5-6-9-13(19)16-12/h12H,5-11H2,1-4H3,(H,16,19)(H,17,20). The number of nitrogens with one attached hydrogen (secondary N) is 2. The van der Waals surface area contributed by atoms with E-state index in [1.165, 1.54) is 0 Å². The van der Waals surface area contributed by atoms with E-state index in [4.69, 9.17) is 0 Å². The molecule has 1 saturated heterocycles. The molecule has 1 aliphatic rings. The summed E-state index contributed by atoms with van der Waals surface area (Å²) >= 11 is 0. The summed E-state index contributed by atoms with van der Waals surface area (Å²) in [4.78, 5) is 25.9. The number of amides is 2. The van der Waals surface area contributed by atoms with Gasteiger partial charge in [0, 0.05) is 12.0 Å². The molecule has 5 heteroatoms. The zero-order valence-electron chi connectivity index (χ0n) is 13.3. The lowest BCUT2D eigenvalue weighted by Gasteiger charge is -2.29. The van der Waals surface area contributed by atoms with Crippen molar-refractivity contribution in [3.05, 3.63) is 0 Å². The monoisotopic (exact) mass is 283 g/mol. The molecule has 1 heterocycles. The fourth-order valence-electron chi connectivity index (χ4n) is 2.49. The minimum atomic E-state index is -0.363. The van der Waals surface area contributed by atoms with Crippen molar-refractivity contribution in [1.82, 2.24) is 15.5 Å². The average Bonchev–Trinajstić information content (AvgIpc) is 2.52. The minimum absolute atomic E-state index is 0.00642. The van der Waals surface area contributed by atoms with Crippen molar-refractivity contribution in [2.24, 2.45) is 0 Å². The van der Waals surface area contributed by atoms with Gasteiger partial charge in [0.1, 0.15) is 6.04 Å². The minimum Gasteiger partial charge on any atom is -0.349 e. The molecule has 1 aliphatic heterocycles. The fourth-order valence-corrected chi connectivity index (χ4v) is 2.49. The van der Waals surface area contributed by atoms with Gasteiger partial charge in [-0.2, -0.15) is 0 Å². The zero-order chi connectivity index (χ0) is 15.2. The molecule has 116 valence electrons. The fraction of sp³-hybridized carbons (Fsp3) is 0.867. The van der Waals surface area contributed by atoms with Gasteiger partial charge >= 0.3 is 0 Å². The Morgan fingerprint density at radius 1 is 1.40 bits per heavy atom.